The van der Waals surface area contributed by atoms with E-state index in [0.717, 1.165) is 23.0 Å². The Labute approximate surface area is 104 Å². The molecule has 0 bridgehead atoms. The molecule has 86 valence electrons. The van der Waals surface area contributed by atoms with Gasteiger partial charge >= 0.3 is 0 Å². The van der Waals surface area contributed by atoms with Crippen LogP contribution in [0.4, 0.5) is 0 Å². The van der Waals surface area contributed by atoms with Gasteiger partial charge in [0.1, 0.15) is 6.29 Å². The zero-order valence-electron chi connectivity index (χ0n) is 9.06. The highest BCUT2D eigenvalue weighted by molar-refractivity contribution is 6.33. The van der Waals surface area contributed by atoms with Crippen molar-refractivity contribution in [1.29, 1.82) is 0 Å². The van der Waals surface area contributed by atoms with Crippen molar-refractivity contribution in [1.82, 2.24) is 0 Å². The first-order valence-electron chi connectivity index (χ1n) is 5.20. The zero-order valence-corrected chi connectivity index (χ0v) is 9.82. The maximum Gasteiger partial charge on any atom is 0.150 e. The summed E-state index contributed by atoms with van der Waals surface area (Å²) in [6, 6.07) is 12.6. The van der Waals surface area contributed by atoms with E-state index in [-0.39, 0.29) is 6.61 Å². The van der Waals surface area contributed by atoms with Crippen molar-refractivity contribution in [3.05, 3.63) is 58.6 Å². The average Bonchev–Trinajstić information content (AvgIpc) is 2.38. The third kappa shape index (κ3) is 2.38. The van der Waals surface area contributed by atoms with Crippen molar-refractivity contribution in [2.24, 2.45) is 0 Å². The quantitative estimate of drug-likeness (QED) is 0.844. The number of aliphatic hydroxyl groups is 1. The molecule has 17 heavy (non-hydrogen) atoms. The van der Waals surface area contributed by atoms with E-state index >= 15 is 0 Å². The number of hydrogen-bond donors (Lipinski definition) is 1. The summed E-state index contributed by atoms with van der Waals surface area (Å²) in [5, 5.41) is 9.78. The van der Waals surface area contributed by atoms with Crippen molar-refractivity contribution in [3.63, 3.8) is 0 Å². The van der Waals surface area contributed by atoms with Crippen molar-refractivity contribution >= 4 is 17.9 Å². The standard InChI is InChI=1S/C14H11ClO2/c15-14-7-10(8-16)5-6-13(14)12-4-2-1-3-11(12)9-17/h1-8,17H,9H2. The summed E-state index contributed by atoms with van der Waals surface area (Å²) >= 11 is 6.13. The molecule has 0 aliphatic rings. The van der Waals surface area contributed by atoms with Crippen LogP contribution >= 0.6 is 11.6 Å². The van der Waals surface area contributed by atoms with Crippen LogP contribution in [0.25, 0.3) is 11.1 Å². The smallest absolute Gasteiger partial charge is 0.150 e. The minimum atomic E-state index is -0.0397. The predicted molar refractivity (Wildman–Crippen MR) is 68.2 cm³/mol. The van der Waals surface area contributed by atoms with Gasteiger partial charge in [-0.1, -0.05) is 48.0 Å². The van der Waals surface area contributed by atoms with Crippen molar-refractivity contribution in [2.45, 2.75) is 6.61 Å². The molecular weight excluding hydrogens is 236 g/mol. The van der Waals surface area contributed by atoms with Crippen LogP contribution in [0.15, 0.2) is 42.5 Å². The highest BCUT2D eigenvalue weighted by atomic mass is 35.5. The van der Waals surface area contributed by atoms with E-state index in [9.17, 15) is 9.90 Å². The first kappa shape index (κ1) is 11.8. The summed E-state index contributed by atoms with van der Waals surface area (Å²) in [7, 11) is 0. The minimum absolute atomic E-state index is 0.0397. The van der Waals surface area contributed by atoms with E-state index in [1.54, 1.807) is 18.2 Å². The molecule has 2 rings (SSSR count). The summed E-state index contributed by atoms with van der Waals surface area (Å²) in [5.74, 6) is 0. The van der Waals surface area contributed by atoms with E-state index in [0.29, 0.717) is 10.6 Å². The molecule has 0 unspecified atom stereocenters. The van der Waals surface area contributed by atoms with Crippen LogP contribution < -0.4 is 0 Å². The fourth-order valence-electron chi connectivity index (χ4n) is 1.74. The van der Waals surface area contributed by atoms with Gasteiger partial charge in [0.25, 0.3) is 0 Å². The normalized spacial score (nSPS) is 10.2. The molecule has 0 amide bonds. The van der Waals surface area contributed by atoms with Crippen LogP contribution in [0.2, 0.25) is 5.02 Å². The van der Waals surface area contributed by atoms with E-state index in [1.165, 1.54) is 0 Å². The monoisotopic (exact) mass is 246 g/mol. The van der Waals surface area contributed by atoms with E-state index < -0.39 is 0 Å². The fraction of sp³-hybridized carbons (Fsp3) is 0.0714. The summed E-state index contributed by atoms with van der Waals surface area (Å²) in [6.45, 7) is -0.0397. The van der Waals surface area contributed by atoms with Gasteiger partial charge in [0.2, 0.25) is 0 Å². The number of carbonyl (C=O) groups is 1. The van der Waals surface area contributed by atoms with Gasteiger partial charge in [-0.05, 0) is 17.2 Å². The second kappa shape index (κ2) is 5.13. The Kier molecular flexibility index (Phi) is 3.57. The Morgan fingerprint density at radius 3 is 2.53 bits per heavy atom. The number of benzene rings is 2. The molecule has 0 heterocycles. The molecule has 0 saturated carbocycles. The molecule has 0 spiro atoms. The van der Waals surface area contributed by atoms with Crippen LogP contribution in [-0.2, 0) is 6.61 Å². The first-order valence-corrected chi connectivity index (χ1v) is 5.58. The third-order valence-corrected chi connectivity index (χ3v) is 2.92. The molecule has 0 radical (unpaired) electrons. The van der Waals surface area contributed by atoms with Gasteiger partial charge in [0.15, 0.2) is 0 Å². The zero-order chi connectivity index (χ0) is 12.3. The number of aldehydes is 1. The molecule has 0 fully saturated rings. The van der Waals surface area contributed by atoms with E-state index in [1.807, 2.05) is 24.3 Å². The maximum atomic E-state index is 10.6. The number of hydrogen-bond acceptors (Lipinski definition) is 2. The van der Waals surface area contributed by atoms with Crippen LogP contribution in [0.3, 0.4) is 0 Å². The lowest BCUT2D eigenvalue weighted by Gasteiger charge is -2.09. The molecular formula is C14H11ClO2. The summed E-state index contributed by atoms with van der Waals surface area (Å²) in [6.07, 6.45) is 0.758. The SMILES string of the molecule is O=Cc1ccc(-c2ccccc2CO)c(Cl)c1. The fourth-order valence-corrected chi connectivity index (χ4v) is 2.03. The molecule has 0 aromatic heterocycles. The van der Waals surface area contributed by atoms with Crippen LogP contribution in [0, 0.1) is 0 Å². The van der Waals surface area contributed by atoms with Crippen molar-refractivity contribution in [2.75, 3.05) is 0 Å². The number of aliphatic hydroxyl groups excluding tert-OH is 1. The minimum Gasteiger partial charge on any atom is -0.392 e. The molecule has 2 nitrogen and oxygen atoms in total. The van der Waals surface area contributed by atoms with E-state index in [2.05, 4.69) is 0 Å². The van der Waals surface area contributed by atoms with Gasteiger partial charge < -0.3 is 5.11 Å². The predicted octanol–water partition coefficient (Wildman–Crippen LogP) is 3.31. The highest BCUT2D eigenvalue weighted by Gasteiger charge is 2.08. The second-order valence-corrected chi connectivity index (χ2v) is 4.08. The van der Waals surface area contributed by atoms with Gasteiger partial charge in [-0.3, -0.25) is 4.79 Å². The molecule has 1 N–H and O–H groups in total. The van der Waals surface area contributed by atoms with Crippen LogP contribution in [0.5, 0.6) is 0 Å². The van der Waals surface area contributed by atoms with Gasteiger partial charge in [-0.25, -0.2) is 0 Å². The van der Waals surface area contributed by atoms with Gasteiger partial charge in [-0.15, -0.1) is 0 Å². The second-order valence-electron chi connectivity index (χ2n) is 3.67. The summed E-state index contributed by atoms with van der Waals surface area (Å²) < 4.78 is 0. The Morgan fingerprint density at radius 1 is 1.12 bits per heavy atom. The third-order valence-electron chi connectivity index (χ3n) is 2.61. The highest BCUT2D eigenvalue weighted by Crippen LogP contribution is 2.31. The Balaban J connectivity index is 2.56. The Bertz CT molecular complexity index is 550. The van der Waals surface area contributed by atoms with Gasteiger partial charge in [0.05, 0.1) is 6.61 Å². The molecule has 3 heteroatoms. The Hall–Kier alpha value is -1.64. The summed E-state index contributed by atoms with van der Waals surface area (Å²) in [5.41, 5.74) is 3.06. The lowest BCUT2D eigenvalue weighted by atomic mass is 9.99. The molecule has 2 aromatic rings. The molecule has 2 aromatic carbocycles. The van der Waals surface area contributed by atoms with Gasteiger partial charge in [0, 0.05) is 16.1 Å². The van der Waals surface area contributed by atoms with Crippen molar-refractivity contribution < 1.29 is 9.90 Å². The number of carbonyl (C=O) groups excluding carboxylic acids is 1. The number of rotatable bonds is 3. The maximum absolute atomic E-state index is 10.6. The van der Waals surface area contributed by atoms with Crippen LogP contribution in [-0.4, -0.2) is 11.4 Å². The van der Waals surface area contributed by atoms with Gasteiger partial charge in [-0.2, -0.15) is 0 Å². The molecule has 0 aliphatic heterocycles. The molecule has 0 saturated heterocycles. The van der Waals surface area contributed by atoms with Crippen molar-refractivity contribution in [3.8, 4) is 11.1 Å². The van der Waals surface area contributed by atoms with Crippen LogP contribution in [0.1, 0.15) is 15.9 Å². The molecule has 0 aliphatic carbocycles. The summed E-state index contributed by atoms with van der Waals surface area (Å²) in [4.78, 5) is 10.6. The first-order chi connectivity index (χ1) is 8.26. The van der Waals surface area contributed by atoms with E-state index in [4.69, 9.17) is 11.6 Å². The molecule has 0 atom stereocenters. The largest absolute Gasteiger partial charge is 0.392 e. The Morgan fingerprint density at radius 2 is 1.88 bits per heavy atom. The topological polar surface area (TPSA) is 37.3 Å². The lowest BCUT2D eigenvalue weighted by Crippen LogP contribution is -1.90. The lowest BCUT2D eigenvalue weighted by molar-refractivity contribution is 0.112. The average molecular weight is 247 g/mol. The number of halogens is 1.